The molecule has 1 atom stereocenters. The Labute approximate surface area is 129 Å². The number of hydrogen-bond donors (Lipinski definition) is 1. The molecule has 2 N–H and O–H groups in total. The van der Waals surface area contributed by atoms with Gasteiger partial charge in [0.1, 0.15) is 0 Å². The first kappa shape index (κ1) is 16.6. The maximum atomic E-state index is 12.3. The first-order chi connectivity index (χ1) is 10.0. The van der Waals surface area contributed by atoms with E-state index in [0.717, 1.165) is 18.4 Å². The topological polar surface area (TPSA) is 77.2 Å². The SMILES string of the molecule is NCc1cccc(S(=O)(=O)CCS(=O)CC2CCCC2)c1. The van der Waals surface area contributed by atoms with Gasteiger partial charge in [0.05, 0.1) is 10.6 Å². The number of rotatable bonds is 7. The van der Waals surface area contributed by atoms with Crippen molar-refractivity contribution in [1.29, 1.82) is 0 Å². The van der Waals surface area contributed by atoms with Gasteiger partial charge in [-0.15, -0.1) is 0 Å². The fourth-order valence-corrected chi connectivity index (χ4v) is 6.21. The summed E-state index contributed by atoms with van der Waals surface area (Å²) in [5.74, 6) is 1.35. The van der Waals surface area contributed by atoms with Crippen molar-refractivity contribution in [2.75, 3.05) is 17.3 Å². The fourth-order valence-electron chi connectivity index (χ4n) is 2.71. The predicted molar refractivity (Wildman–Crippen MR) is 86.2 cm³/mol. The number of hydrogen-bond acceptors (Lipinski definition) is 4. The highest BCUT2D eigenvalue weighted by Gasteiger charge is 2.20. The van der Waals surface area contributed by atoms with Crippen LogP contribution in [0.25, 0.3) is 0 Å². The molecule has 118 valence electrons. The third-order valence-corrected chi connectivity index (χ3v) is 7.44. The van der Waals surface area contributed by atoms with E-state index >= 15 is 0 Å². The lowest BCUT2D eigenvalue weighted by Gasteiger charge is -2.09. The van der Waals surface area contributed by atoms with E-state index < -0.39 is 20.6 Å². The van der Waals surface area contributed by atoms with E-state index in [9.17, 15) is 12.6 Å². The molecule has 1 aliphatic carbocycles. The molecule has 1 aliphatic rings. The van der Waals surface area contributed by atoms with Gasteiger partial charge in [-0.3, -0.25) is 4.21 Å². The zero-order valence-electron chi connectivity index (χ0n) is 12.2. The van der Waals surface area contributed by atoms with Crippen LogP contribution in [0.15, 0.2) is 29.2 Å². The Morgan fingerprint density at radius 2 is 1.95 bits per heavy atom. The molecular weight excluding hydrogens is 306 g/mol. The van der Waals surface area contributed by atoms with E-state index in [4.69, 9.17) is 5.73 Å². The van der Waals surface area contributed by atoms with Crippen molar-refractivity contribution < 1.29 is 12.6 Å². The maximum absolute atomic E-state index is 12.3. The van der Waals surface area contributed by atoms with Crippen LogP contribution < -0.4 is 5.73 Å². The predicted octanol–water partition coefficient (Wildman–Crippen LogP) is 1.86. The Balaban J connectivity index is 1.92. The van der Waals surface area contributed by atoms with Crippen LogP contribution in [0.4, 0.5) is 0 Å². The number of nitrogens with two attached hydrogens (primary N) is 1. The Hall–Kier alpha value is -0.720. The molecule has 1 aromatic rings. The molecule has 1 fully saturated rings. The Kier molecular flexibility index (Phi) is 5.96. The molecule has 0 aliphatic heterocycles. The van der Waals surface area contributed by atoms with E-state index in [1.54, 1.807) is 24.3 Å². The van der Waals surface area contributed by atoms with Crippen LogP contribution in [0.1, 0.15) is 31.2 Å². The lowest BCUT2D eigenvalue weighted by Crippen LogP contribution is -2.18. The smallest absolute Gasteiger partial charge is 0.179 e. The van der Waals surface area contributed by atoms with Gasteiger partial charge in [0.2, 0.25) is 0 Å². The molecule has 0 heterocycles. The summed E-state index contributed by atoms with van der Waals surface area (Å²) in [6, 6.07) is 6.69. The molecule has 0 aromatic heterocycles. The quantitative estimate of drug-likeness (QED) is 0.828. The zero-order chi connectivity index (χ0) is 15.3. The van der Waals surface area contributed by atoms with Gasteiger partial charge in [0.25, 0.3) is 0 Å². The Morgan fingerprint density at radius 1 is 1.24 bits per heavy atom. The van der Waals surface area contributed by atoms with E-state index in [2.05, 4.69) is 0 Å². The lowest BCUT2D eigenvalue weighted by atomic mass is 10.1. The molecule has 1 unspecified atom stereocenters. The Morgan fingerprint density at radius 3 is 2.62 bits per heavy atom. The van der Waals surface area contributed by atoms with Gasteiger partial charge in [-0.2, -0.15) is 0 Å². The summed E-state index contributed by atoms with van der Waals surface area (Å²) in [5, 5.41) is 0. The van der Waals surface area contributed by atoms with E-state index in [1.807, 2.05) is 0 Å². The summed E-state index contributed by atoms with van der Waals surface area (Å²) in [6.07, 6.45) is 4.70. The van der Waals surface area contributed by atoms with Crippen molar-refractivity contribution >= 4 is 20.6 Å². The largest absolute Gasteiger partial charge is 0.326 e. The first-order valence-electron chi connectivity index (χ1n) is 7.38. The van der Waals surface area contributed by atoms with E-state index in [-0.39, 0.29) is 16.4 Å². The molecule has 0 radical (unpaired) electrons. The summed E-state index contributed by atoms with van der Waals surface area (Å²) in [7, 11) is -4.41. The number of sulfone groups is 1. The Bertz CT molecular complexity index is 593. The number of benzene rings is 1. The highest BCUT2D eigenvalue weighted by molar-refractivity contribution is 7.93. The van der Waals surface area contributed by atoms with Crippen molar-refractivity contribution in [3.8, 4) is 0 Å². The molecule has 0 bridgehead atoms. The van der Waals surface area contributed by atoms with Crippen LogP contribution in [-0.2, 0) is 27.2 Å². The van der Waals surface area contributed by atoms with Gasteiger partial charge in [0, 0.05) is 28.9 Å². The van der Waals surface area contributed by atoms with Crippen molar-refractivity contribution in [1.82, 2.24) is 0 Å². The minimum atomic E-state index is -3.37. The van der Waals surface area contributed by atoms with E-state index in [0.29, 0.717) is 18.2 Å². The molecule has 0 saturated heterocycles. The van der Waals surface area contributed by atoms with Crippen molar-refractivity contribution in [3.05, 3.63) is 29.8 Å². The second kappa shape index (κ2) is 7.51. The molecule has 2 rings (SSSR count). The summed E-state index contributed by atoms with van der Waals surface area (Å²) in [4.78, 5) is 0.281. The van der Waals surface area contributed by atoms with Gasteiger partial charge in [-0.1, -0.05) is 25.0 Å². The molecule has 21 heavy (non-hydrogen) atoms. The average molecular weight is 329 g/mol. The molecule has 1 aromatic carbocycles. The molecule has 0 amide bonds. The van der Waals surface area contributed by atoms with Crippen LogP contribution >= 0.6 is 0 Å². The van der Waals surface area contributed by atoms with Crippen LogP contribution in [0.5, 0.6) is 0 Å². The van der Waals surface area contributed by atoms with Crippen LogP contribution in [0.3, 0.4) is 0 Å². The van der Waals surface area contributed by atoms with Crippen LogP contribution in [-0.4, -0.2) is 29.9 Å². The molecule has 0 spiro atoms. The second-order valence-corrected chi connectivity index (χ2v) is 9.36. The highest BCUT2D eigenvalue weighted by atomic mass is 32.2. The third kappa shape index (κ3) is 4.90. The monoisotopic (exact) mass is 329 g/mol. The normalized spacial score (nSPS) is 18.0. The summed E-state index contributed by atoms with van der Waals surface area (Å²) < 4.78 is 36.6. The molecule has 1 saturated carbocycles. The van der Waals surface area contributed by atoms with Crippen molar-refractivity contribution in [2.45, 2.75) is 37.1 Å². The summed E-state index contributed by atoms with van der Waals surface area (Å²) >= 11 is 0. The highest BCUT2D eigenvalue weighted by Crippen LogP contribution is 2.25. The molecule has 6 heteroatoms. The third-order valence-electron chi connectivity index (χ3n) is 3.97. The van der Waals surface area contributed by atoms with E-state index in [1.165, 1.54) is 12.8 Å². The minimum absolute atomic E-state index is 0.0552. The molecular formula is C15H23NO3S2. The van der Waals surface area contributed by atoms with Gasteiger partial charge < -0.3 is 5.73 Å². The van der Waals surface area contributed by atoms with Crippen LogP contribution in [0.2, 0.25) is 0 Å². The minimum Gasteiger partial charge on any atom is -0.326 e. The van der Waals surface area contributed by atoms with Gasteiger partial charge in [0.15, 0.2) is 9.84 Å². The maximum Gasteiger partial charge on any atom is 0.179 e. The summed E-state index contributed by atoms with van der Waals surface area (Å²) in [5.41, 5.74) is 6.33. The second-order valence-electron chi connectivity index (χ2n) is 5.63. The summed E-state index contributed by atoms with van der Waals surface area (Å²) in [6.45, 7) is 0.316. The molecule has 4 nitrogen and oxygen atoms in total. The van der Waals surface area contributed by atoms with Gasteiger partial charge in [-0.25, -0.2) is 8.42 Å². The van der Waals surface area contributed by atoms with Crippen molar-refractivity contribution in [2.24, 2.45) is 11.7 Å². The standard InChI is InChI=1S/C15H23NO3S2/c16-11-14-6-3-7-15(10-14)21(18,19)9-8-20(17)12-13-4-1-2-5-13/h3,6-7,10,13H,1-2,4-5,8-9,11-12,16H2. The van der Waals surface area contributed by atoms with Crippen LogP contribution in [0, 0.1) is 5.92 Å². The lowest BCUT2D eigenvalue weighted by molar-refractivity contribution is 0.594. The first-order valence-corrected chi connectivity index (χ1v) is 10.5. The van der Waals surface area contributed by atoms with Crippen molar-refractivity contribution in [3.63, 3.8) is 0 Å². The van der Waals surface area contributed by atoms with Gasteiger partial charge >= 0.3 is 0 Å². The van der Waals surface area contributed by atoms with Gasteiger partial charge in [-0.05, 0) is 36.5 Å². The fraction of sp³-hybridized carbons (Fsp3) is 0.600. The zero-order valence-corrected chi connectivity index (χ0v) is 13.8. The average Bonchev–Trinajstić information content (AvgIpc) is 2.98.